The molecule has 4 N–H and O–H groups in total. The van der Waals surface area contributed by atoms with Crippen LogP contribution < -0.4 is 11.1 Å². The number of carboxylic acids is 1. The van der Waals surface area contributed by atoms with Crippen LogP contribution in [0.1, 0.15) is 10.4 Å². The van der Waals surface area contributed by atoms with E-state index in [1.54, 1.807) is 0 Å². The molecule has 0 bridgehead atoms. The Bertz CT molecular complexity index is 343. The second kappa shape index (κ2) is 4.52. The number of hydrogen-bond acceptors (Lipinski definition) is 4. The van der Waals surface area contributed by atoms with Crippen molar-refractivity contribution in [3.05, 3.63) is 23.6 Å². The lowest BCUT2D eigenvalue weighted by Gasteiger charge is -2.06. The summed E-state index contributed by atoms with van der Waals surface area (Å²) in [6.07, 6.45) is 0.950. The summed E-state index contributed by atoms with van der Waals surface area (Å²) in [6.45, 7) is 0.733. The van der Waals surface area contributed by atoms with Crippen molar-refractivity contribution < 1.29 is 14.3 Å². The zero-order valence-electron chi connectivity index (χ0n) is 7.33. The summed E-state index contributed by atoms with van der Waals surface area (Å²) < 4.78 is 12.7. The van der Waals surface area contributed by atoms with Gasteiger partial charge in [0.15, 0.2) is 0 Å². The Morgan fingerprint density at radius 3 is 3.00 bits per heavy atom. The highest BCUT2D eigenvalue weighted by Crippen LogP contribution is 2.12. The van der Waals surface area contributed by atoms with Crippen molar-refractivity contribution in [1.29, 1.82) is 0 Å². The molecule has 1 rings (SSSR count). The van der Waals surface area contributed by atoms with Crippen molar-refractivity contribution in [2.24, 2.45) is 5.73 Å². The third kappa shape index (κ3) is 2.40. The number of carboxylic acid groups (broad SMARTS) is 1. The molecule has 14 heavy (non-hydrogen) atoms. The fraction of sp³-hybridized carbons (Fsp3) is 0.250. The predicted octanol–water partition coefficient (Wildman–Crippen LogP) is 0.289. The van der Waals surface area contributed by atoms with Crippen LogP contribution in [-0.4, -0.2) is 29.1 Å². The topological polar surface area (TPSA) is 88.2 Å². The molecule has 1 heterocycles. The van der Waals surface area contributed by atoms with E-state index >= 15 is 0 Å². The van der Waals surface area contributed by atoms with Crippen molar-refractivity contribution >= 4 is 11.8 Å². The van der Waals surface area contributed by atoms with Gasteiger partial charge in [-0.1, -0.05) is 0 Å². The number of halogens is 1. The van der Waals surface area contributed by atoms with Crippen LogP contribution in [0.3, 0.4) is 0 Å². The van der Waals surface area contributed by atoms with Crippen molar-refractivity contribution in [3.8, 4) is 0 Å². The Morgan fingerprint density at radius 2 is 2.43 bits per heavy atom. The molecule has 0 fully saturated rings. The highest BCUT2D eigenvalue weighted by molar-refractivity contribution is 5.93. The molecule has 0 radical (unpaired) electrons. The monoisotopic (exact) mass is 199 g/mol. The molecule has 1 aromatic heterocycles. The van der Waals surface area contributed by atoms with Gasteiger partial charge in [-0.25, -0.2) is 14.2 Å². The molecule has 0 saturated heterocycles. The summed E-state index contributed by atoms with van der Waals surface area (Å²) in [5.41, 5.74) is 5.02. The minimum atomic E-state index is -1.23. The summed E-state index contributed by atoms with van der Waals surface area (Å²) in [6, 6.07) is 0.911. The zero-order valence-corrected chi connectivity index (χ0v) is 7.33. The maximum atomic E-state index is 12.7. The van der Waals surface area contributed by atoms with E-state index in [1.165, 1.54) is 0 Å². The van der Waals surface area contributed by atoms with Gasteiger partial charge in [0, 0.05) is 13.1 Å². The fourth-order valence-electron chi connectivity index (χ4n) is 0.934. The quantitative estimate of drug-likeness (QED) is 0.648. The van der Waals surface area contributed by atoms with E-state index in [9.17, 15) is 9.18 Å². The maximum Gasteiger partial charge on any atom is 0.339 e. The minimum absolute atomic E-state index is 0.129. The SMILES string of the molecule is NCCNc1ncc(F)cc1C(=O)O. The van der Waals surface area contributed by atoms with E-state index in [-0.39, 0.29) is 11.4 Å². The van der Waals surface area contributed by atoms with Gasteiger partial charge in [0.25, 0.3) is 0 Å². The summed E-state index contributed by atoms with van der Waals surface area (Å²) in [5.74, 6) is -1.78. The average molecular weight is 199 g/mol. The molecule has 0 atom stereocenters. The summed E-state index contributed by atoms with van der Waals surface area (Å²) in [4.78, 5) is 14.3. The molecule has 0 unspecified atom stereocenters. The van der Waals surface area contributed by atoms with E-state index in [1.807, 2.05) is 0 Å². The first-order chi connectivity index (χ1) is 6.65. The average Bonchev–Trinajstić information content (AvgIpc) is 2.15. The molecule has 0 amide bonds. The van der Waals surface area contributed by atoms with E-state index < -0.39 is 11.8 Å². The predicted molar refractivity (Wildman–Crippen MR) is 48.7 cm³/mol. The number of hydrogen-bond donors (Lipinski definition) is 3. The van der Waals surface area contributed by atoms with Crippen LogP contribution in [0.15, 0.2) is 12.3 Å². The van der Waals surface area contributed by atoms with Gasteiger partial charge in [0.1, 0.15) is 17.2 Å². The van der Waals surface area contributed by atoms with Crippen molar-refractivity contribution in [1.82, 2.24) is 4.98 Å². The van der Waals surface area contributed by atoms with Gasteiger partial charge in [-0.3, -0.25) is 0 Å². The first kappa shape index (κ1) is 10.4. The Labute approximate surface area is 79.8 Å². The van der Waals surface area contributed by atoms with Gasteiger partial charge in [0.2, 0.25) is 0 Å². The van der Waals surface area contributed by atoms with Crippen molar-refractivity contribution in [3.63, 3.8) is 0 Å². The first-order valence-corrected chi connectivity index (χ1v) is 3.98. The van der Waals surface area contributed by atoms with Gasteiger partial charge in [-0.2, -0.15) is 0 Å². The lowest BCUT2D eigenvalue weighted by molar-refractivity contribution is 0.0697. The molecular weight excluding hydrogens is 189 g/mol. The number of rotatable bonds is 4. The van der Waals surface area contributed by atoms with Crippen LogP contribution in [0.5, 0.6) is 0 Å². The second-order valence-electron chi connectivity index (χ2n) is 2.57. The Kier molecular flexibility index (Phi) is 3.35. The van der Waals surface area contributed by atoms with Crippen LogP contribution in [0.2, 0.25) is 0 Å². The highest BCUT2D eigenvalue weighted by Gasteiger charge is 2.11. The Morgan fingerprint density at radius 1 is 1.71 bits per heavy atom. The molecule has 0 aliphatic rings. The molecule has 0 aliphatic heterocycles. The minimum Gasteiger partial charge on any atom is -0.478 e. The van der Waals surface area contributed by atoms with E-state index in [0.717, 1.165) is 12.3 Å². The maximum absolute atomic E-state index is 12.7. The van der Waals surface area contributed by atoms with Gasteiger partial charge in [0.05, 0.1) is 6.20 Å². The van der Waals surface area contributed by atoms with Crippen LogP contribution in [0.25, 0.3) is 0 Å². The molecule has 1 aromatic rings. The number of nitrogens with two attached hydrogens (primary N) is 1. The number of aromatic nitrogens is 1. The van der Waals surface area contributed by atoms with Crippen molar-refractivity contribution in [2.75, 3.05) is 18.4 Å². The second-order valence-corrected chi connectivity index (χ2v) is 2.57. The van der Waals surface area contributed by atoms with Gasteiger partial charge < -0.3 is 16.2 Å². The van der Waals surface area contributed by atoms with E-state index in [0.29, 0.717) is 13.1 Å². The largest absolute Gasteiger partial charge is 0.478 e. The van der Waals surface area contributed by atoms with Crippen LogP contribution in [-0.2, 0) is 0 Å². The molecule has 6 heteroatoms. The summed E-state index contributed by atoms with van der Waals surface area (Å²) >= 11 is 0. The third-order valence-corrected chi connectivity index (χ3v) is 1.52. The first-order valence-electron chi connectivity index (χ1n) is 3.98. The van der Waals surface area contributed by atoms with Gasteiger partial charge in [-0.15, -0.1) is 0 Å². The number of nitrogens with zero attached hydrogens (tertiary/aromatic N) is 1. The fourth-order valence-corrected chi connectivity index (χ4v) is 0.934. The lowest BCUT2D eigenvalue weighted by Crippen LogP contribution is -2.16. The number of carbonyl (C=O) groups is 1. The highest BCUT2D eigenvalue weighted by atomic mass is 19.1. The van der Waals surface area contributed by atoms with Crippen LogP contribution in [0.4, 0.5) is 10.2 Å². The Balaban J connectivity index is 2.96. The van der Waals surface area contributed by atoms with E-state index in [2.05, 4.69) is 10.3 Å². The molecule has 0 saturated carbocycles. The number of anilines is 1. The van der Waals surface area contributed by atoms with Crippen molar-refractivity contribution in [2.45, 2.75) is 0 Å². The lowest BCUT2D eigenvalue weighted by atomic mass is 10.2. The van der Waals surface area contributed by atoms with Gasteiger partial charge in [-0.05, 0) is 6.07 Å². The molecule has 0 aliphatic carbocycles. The third-order valence-electron chi connectivity index (χ3n) is 1.52. The van der Waals surface area contributed by atoms with Crippen LogP contribution in [0, 0.1) is 5.82 Å². The molecule has 0 aromatic carbocycles. The number of nitrogens with one attached hydrogen (secondary N) is 1. The molecule has 0 spiro atoms. The standard InChI is InChI=1S/C8H10FN3O2/c9-5-3-6(8(13)14)7(12-4-5)11-2-1-10/h3-4H,1-2,10H2,(H,11,12)(H,13,14). The van der Waals surface area contributed by atoms with Gasteiger partial charge >= 0.3 is 5.97 Å². The van der Waals surface area contributed by atoms with Crippen LogP contribution >= 0.6 is 0 Å². The smallest absolute Gasteiger partial charge is 0.339 e. The molecular formula is C8H10FN3O2. The number of pyridine rings is 1. The Hall–Kier alpha value is -1.69. The zero-order chi connectivity index (χ0) is 10.6. The normalized spacial score (nSPS) is 9.86. The summed E-state index contributed by atoms with van der Waals surface area (Å²) in [5, 5.41) is 11.4. The van der Waals surface area contributed by atoms with E-state index in [4.69, 9.17) is 10.8 Å². The molecule has 76 valence electrons. The number of aromatic carboxylic acids is 1. The molecule has 5 nitrogen and oxygen atoms in total. The summed E-state index contributed by atoms with van der Waals surface area (Å²) in [7, 11) is 0.